The van der Waals surface area contributed by atoms with E-state index in [-0.39, 0.29) is 30.7 Å². The van der Waals surface area contributed by atoms with Crippen LogP contribution in [0.15, 0.2) is 66.7 Å². The van der Waals surface area contributed by atoms with Gasteiger partial charge in [-0.2, -0.15) is 0 Å². The van der Waals surface area contributed by atoms with Crippen molar-refractivity contribution in [1.82, 2.24) is 4.90 Å². The van der Waals surface area contributed by atoms with Crippen molar-refractivity contribution in [2.45, 2.75) is 12.8 Å². The van der Waals surface area contributed by atoms with E-state index in [1.54, 1.807) is 30.3 Å². The van der Waals surface area contributed by atoms with Crippen LogP contribution in [0.4, 0.5) is 0 Å². The van der Waals surface area contributed by atoms with Crippen molar-refractivity contribution in [1.29, 1.82) is 0 Å². The van der Waals surface area contributed by atoms with Gasteiger partial charge in [-0.25, -0.2) is 0 Å². The van der Waals surface area contributed by atoms with E-state index in [1.165, 1.54) is 4.90 Å². The lowest BCUT2D eigenvalue weighted by Gasteiger charge is -2.13. The first-order valence-corrected chi connectivity index (χ1v) is 8.78. The van der Waals surface area contributed by atoms with Gasteiger partial charge in [-0.15, -0.1) is 0 Å². The van der Waals surface area contributed by atoms with Crippen molar-refractivity contribution >= 4 is 28.6 Å². The van der Waals surface area contributed by atoms with Crippen molar-refractivity contribution in [3.8, 4) is 5.75 Å². The van der Waals surface area contributed by atoms with E-state index in [1.807, 2.05) is 36.4 Å². The summed E-state index contributed by atoms with van der Waals surface area (Å²) in [5, 5.41) is 2.07. The topological polar surface area (TPSA) is 63.7 Å². The molecule has 0 bridgehead atoms. The third kappa shape index (κ3) is 3.31. The van der Waals surface area contributed by atoms with Crippen molar-refractivity contribution in [3.05, 3.63) is 77.9 Å². The summed E-state index contributed by atoms with van der Waals surface area (Å²) in [5.41, 5.74) is 0.836. The van der Waals surface area contributed by atoms with Gasteiger partial charge < -0.3 is 4.74 Å². The molecule has 0 aromatic heterocycles. The van der Waals surface area contributed by atoms with E-state index in [9.17, 15) is 14.4 Å². The Kier molecular flexibility index (Phi) is 4.42. The van der Waals surface area contributed by atoms with Crippen LogP contribution in [0.5, 0.6) is 5.75 Å². The summed E-state index contributed by atoms with van der Waals surface area (Å²) in [4.78, 5) is 37.9. The van der Waals surface area contributed by atoms with Gasteiger partial charge in [0.2, 0.25) is 0 Å². The lowest BCUT2D eigenvalue weighted by atomic mass is 10.1. The van der Waals surface area contributed by atoms with Crippen LogP contribution in [0.2, 0.25) is 0 Å². The normalized spacial score (nSPS) is 13.1. The van der Waals surface area contributed by atoms with Crippen LogP contribution in [0.1, 0.15) is 33.6 Å². The predicted molar refractivity (Wildman–Crippen MR) is 101 cm³/mol. The van der Waals surface area contributed by atoms with E-state index in [0.717, 1.165) is 10.8 Å². The zero-order valence-corrected chi connectivity index (χ0v) is 14.6. The molecule has 0 atom stereocenters. The van der Waals surface area contributed by atoms with E-state index in [4.69, 9.17) is 4.74 Å². The lowest BCUT2D eigenvalue weighted by Crippen LogP contribution is -2.31. The van der Waals surface area contributed by atoms with E-state index < -0.39 is 0 Å². The third-order valence-electron chi connectivity index (χ3n) is 4.59. The molecule has 1 aliphatic heterocycles. The van der Waals surface area contributed by atoms with E-state index >= 15 is 0 Å². The number of benzene rings is 3. The molecular weight excluding hydrogens is 342 g/mol. The molecule has 134 valence electrons. The Hall–Kier alpha value is -3.47. The largest absolute Gasteiger partial charge is 0.427 e. The number of hydrogen-bond donors (Lipinski definition) is 0. The minimum absolute atomic E-state index is 0.125. The average Bonchev–Trinajstić information content (AvgIpc) is 2.93. The Morgan fingerprint density at radius 1 is 0.815 bits per heavy atom. The van der Waals surface area contributed by atoms with E-state index in [2.05, 4.69) is 0 Å². The number of carbonyl (C=O) groups is 3. The number of imide groups is 1. The number of ether oxygens (including phenoxy) is 1. The van der Waals surface area contributed by atoms with Gasteiger partial charge >= 0.3 is 5.97 Å². The SMILES string of the molecule is O=C(CCCN1C(=O)c2ccccc2C1=O)Oc1ccc2ccccc2c1. The fourth-order valence-electron chi connectivity index (χ4n) is 3.24. The second kappa shape index (κ2) is 7.03. The maximum Gasteiger partial charge on any atom is 0.311 e. The second-order valence-electron chi connectivity index (χ2n) is 6.39. The number of amides is 2. The first-order valence-electron chi connectivity index (χ1n) is 8.78. The summed E-state index contributed by atoms with van der Waals surface area (Å²) in [6.45, 7) is 0.194. The molecule has 5 heteroatoms. The Morgan fingerprint density at radius 3 is 2.15 bits per heavy atom. The van der Waals surface area contributed by atoms with Crippen LogP contribution in [0.3, 0.4) is 0 Å². The smallest absolute Gasteiger partial charge is 0.311 e. The number of esters is 1. The Bertz CT molecular complexity index is 1020. The Morgan fingerprint density at radius 2 is 1.44 bits per heavy atom. The number of rotatable bonds is 5. The third-order valence-corrected chi connectivity index (χ3v) is 4.59. The number of fused-ring (bicyclic) bond motifs is 2. The van der Waals surface area contributed by atoms with Gasteiger partial charge in [-0.1, -0.05) is 42.5 Å². The molecule has 0 aliphatic carbocycles. The summed E-state index contributed by atoms with van der Waals surface area (Å²) in [7, 11) is 0. The summed E-state index contributed by atoms with van der Waals surface area (Å²) >= 11 is 0. The van der Waals surface area contributed by atoms with Crippen molar-refractivity contribution in [2.75, 3.05) is 6.54 Å². The Balaban J connectivity index is 1.33. The highest BCUT2D eigenvalue weighted by Gasteiger charge is 2.34. The highest BCUT2D eigenvalue weighted by Crippen LogP contribution is 2.23. The first-order chi connectivity index (χ1) is 13.1. The molecular formula is C22H17NO4. The zero-order valence-electron chi connectivity index (χ0n) is 14.6. The standard InChI is InChI=1S/C22H17NO4/c24-20(27-17-12-11-15-6-1-2-7-16(15)14-17)10-5-13-23-21(25)18-8-3-4-9-19(18)22(23)26/h1-4,6-9,11-12,14H,5,10,13H2. The summed E-state index contributed by atoms with van der Waals surface area (Å²) < 4.78 is 5.38. The highest BCUT2D eigenvalue weighted by molar-refractivity contribution is 6.21. The maximum absolute atomic E-state index is 12.3. The molecule has 2 amide bonds. The van der Waals surface area contributed by atoms with Crippen LogP contribution in [-0.4, -0.2) is 29.2 Å². The van der Waals surface area contributed by atoms with Gasteiger partial charge in [0.15, 0.2) is 0 Å². The molecule has 4 rings (SSSR count). The minimum atomic E-state index is -0.387. The first kappa shape index (κ1) is 17.0. The average molecular weight is 359 g/mol. The Labute approximate surface area is 156 Å². The molecule has 0 fully saturated rings. The van der Waals surface area contributed by atoms with Gasteiger partial charge in [0.1, 0.15) is 5.75 Å². The molecule has 27 heavy (non-hydrogen) atoms. The van der Waals surface area contributed by atoms with Crippen molar-refractivity contribution < 1.29 is 19.1 Å². The summed E-state index contributed by atoms with van der Waals surface area (Å²) in [5.74, 6) is -0.515. The molecule has 3 aromatic rings. The molecule has 0 radical (unpaired) electrons. The molecule has 0 N–H and O–H groups in total. The highest BCUT2D eigenvalue weighted by atomic mass is 16.5. The van der Waals surface area contributed by atoms with Crippen LogP contribution in [0.25, 0.3) is 10.8 Å². The molecule has 0 saturated heterocycles. The van der Waals surface area contributed by atoms with Crippen molar-refractivity contribution in [2.24, 2.45) is 0 Å². The fourth-order valence-corrected chi connectivity index (χ4v) is 3.24. The van der Waals surface area contributed by atoms with Gasteiger partial charge in [0, 0.05) is 13.0 Å². The molecule has 5 nitrogen and oxygen atoms in total. The van der Waals surface area contributed by atoms with Crippen LogP contribution in [-0.2, 0) is 4.79 Å². The monoisotopic (exact) mass is 359 g/mol. The van der Waals surface area contributed by atoms with E-state index in [0.29, 0.717) is 23.3 Å². The van der Waals surface area contributed by atoms with Crippen molar-refractivity contribution in [3.63, 3.8) is 0 Å². The van der Waals surface area contributed by atoms with Crippen LogP contribution < -0.4 is 4.74 Å². The number of carbonyl (C=O) groups excluding carboxylic acids is 3. The minimum Gasteiger partial charge on any atom is -0.427 e. The molecule has 0 spiro atoms. The molecule has 1 heterocycles. The maximum atomic E-state index is 12.3. The number of nitrogens with zero attached hydrogens (tertiary/aromatic N) is 1. The predicted octanol–water partition coefficient (Wildman–Crippen LogP) is 3.82. The molecule has 0 unspecified atom stereocenters. The van der Waals surface area contributed by atoms with Gasteiger partial charge in [0.05, 0.1) is 11.1 Å². The van der Waals surface area contributed by atoms with Crippen LogP contribution in [0, 0.1) is 0 Å². The quantitative estimate of drug-likeness (QED) is 0.395. The fraction of sp³-hybridized carbons (Fsp3) is 0.136. The zero-order chi connectivity index (χ0) is 18.8. The summed E-state index contributed by atoms with van der Waals surface area (Å²) in [6, 6.07) is 20.0. The van der Waals surface area contributed by atoms with Gasteiger partial charge in [-0.05, 0) is 41.5 Å². The molecule has 1 aliphatic rings. The van der Waals surface area contributed by atoms with Crippen LogP contribution >= 0.6 is 0 Å². The molecule has 0 saturated carbocycles. The molecule has 3 aromatic carbocycles. The van der Waals surface area contributed by atoms with Gasteiger partial charge in [-0.3, -0.25) is 19.3 Å². The summed E-state index contributed by atoms with van der Waals surface area (Å²) in [6.07, 6.45) is 0.484. The lowest BCUT2D eigenvalue weighted by molar-refractivity contribution is -0.134. The van der Waals surface area contributed by atoms with Gasteiger partial charge in [0.25, 0.3) is 11.8 Å². The second-order valence-corrected chi connectivity index (χ2v) is 6.39. The number of hydrogen-bond acceptors (Lipinski definition) is 4.